The third kappa shape index (κ3) is 6.03. The van der Waals surface area contributed by atoms with Gasteiger partial charge in [0.2, 0.25) is 5.75 Å². The van der Waals surface area contributed by atoms with Gasteiger partial charge in [0.05, 0.1) is 27.1 Å². The average molecular weight is 603 g/mol. The van der Waals surface area contributed by atoms with Crippen LogP contribution in [0.2, 0.25) is 5.02 Å². The SMILES string of the molecule is CCc1nc2ccc(Br)cc2c(=O)n1N=Cc1cc(Cl)c(OCC(=O)Nc2cccc(F)c2)c([N+](=O)[O-])c1. The second kappa shape index (κ2) is 11.5. The number of nitrogens with one attached hydrogen (secondary N) is 1. The number of carbonyl (C=O) groups is 1. The number of aromatic nitrogens is 2. The summed E-state index contributed by atoms with van der Waals surface area (Å²) in [4.78, 5) is 40.7. The van der Waals surface area contributed by atoms with E-state index < -0.39 is 34.5 Å². The molecule has 0 radical (unpaired) electrons. The Hall–Kier alpha value is -4.16. The Kier molecular flexibility index (Phi) is 8.13. The molecule has 13 heteroatoms. The number of halogens is 3. The summed E-state index contributed by atoms with van der Waals surface area (Å²) in [5.74, 6) is -1.15. The quantitative estimate of drug-likeness (QED) is 0.165. The number of ether oxygens (including phenoxy) is 1. The zero-order valence-corrected chi connectivity index (χ0v) is 22.0. The number of amides is 1. The van der Waals surface area contributed by atoms with E-state index in [-0.39, 0.29) is 22.0 Å². The van der Waals surface area contributed by atoms with Crippen molar-refractivity contribution in [3.63, 3.8) is 0 Å². The third-order valence-corrected chi connectivity index (χ3v) is 5.99. The van der Waals surface area contributed by atoms with E-state index in [1.54, 1.807) is 18.2 Å². The Morgan fingerprint density at radius 1 is 1.29 bits per heavy atom. The van der Waals surface area contributed by atoms with Crippen LogP contribution in [0.15, 0.2) is 69.0 Å². The lowest BCUT2D eigenvalue weighted by Gasteiger charge is -2.10. The summed E-state index contributed by atoms with van der Waals surface area (Å²) in [6.45, 7) is 1.20. The zero-order valence-electron chi connectivity index (χ0n) is 19.7. The van der Waals surface area contributed by atoms with Crippen LogP contribution in [0.1, 0.15) is 18.3 Å². The molecule has 194 valence electrons. The monoisotopic (exact) mass is 601 g/mol. The minimum Gasteiger partial charge on any atom is -0.476 e. The first-order chi connectivity index (χ1) is 18.2. The van der Waals surface area contributed by atoms with Crippen molar-refractivity contribution in [3.05, 3.63) is 102 Å². The molecule has 38 heavy (non-hydrogen) atoms. The highest BCUT2D eigenvalue weighted by atomic mass is 79.9. The van der Waals surface area contributed by atoms with Crippen molar-refractivity contribution in [1.29, 1.82) is 0 Å². The molecule has 0 atom stereocenters. The molecular weight excluding hydrogens is 585 g/mol. The van der Waals surface area contributed by atoms with E-state index in [0.717, 1.165) is 16.8 Å². The predicted molar refractivity (Wildman–Crippen MR) is 145 cm³/mol. The third-order valence-electron chi connectivity index (χ3n) is 5.21. The topological polar surface area (TPSA) is 129 Å². The molecule has 0 bridgehead atoms. The van der Waals surface area contributed by atoms with Gasteiger partial charge < -0.3 is 10.1 Å². The first-order valence-electron chi connectivity index (χ1n) is 11.1. The summed E-state index contributed by atoms with van der Waals surface area (Å²) < 4.78 is 20.5. The first-order valence-corrected chi connectivity index (χ1v) is 12.2. The molecule has 0 spiro atoms. The number of anilines is 1. The average Bonchev–Trinajstić information content (AvgIpc) is 2.87. The number of nitro benzene ring substituents is 1. The molecule has 0 aliphatic heterocycles. The van der Waals surface area contributed by atoms with Crippen molar-refractivity contribution in [2.75, 3.05) is 11.9 Å². The van der Waals surface area contributed by atoms with E-state index in [9.17, 15) is 24.1 Å². The Bertz CT molecular complexity index is 1660. The summed E-state index contributed by atoms with van der Waals surface area (Å²) in [6.07, 6.45) is 1.65. The Morgan fingerprint density at radius 2 is 2.08 bits per heavy atom. The van der Waals surface area contributed by atoms with E-state index in [0.29, 0.717) is 27.6 Å². The van der Waals surface area contributed by atoms with Gasteiger partial charge >= 0.3 is 5.69 Å². The zero-order chi connectivity index (χ0) is 27.4. The molecule has 0 saturated carbocycles. The highest BCUT2D eigenvalue weighted by molar-refractivity contribution is 9.10. The van der Waals surface area contributed by atoms with Crippen molar-refractivity contribution in [2.45, 2.75) is 13.3 Å². The molecular formula is C25H18BrClFN5O5. The Labute approximate surface area is 228 Å². The van der Waals surface area contributed by atoms with Crippen molar-refractivity contribution in [3.8, 4) is 5.75 Å². The molecule has 4 rings (SSSR count). The van der Waals surface area contributed by atoms with Gasteiger partial charge in [-0.25, -0.2) is 9.37 Å². The molecule has 0 saturated heterocycles. The minimum absolute atomic E-state index is 0.150. The van der Waals surface area contributed by atoms with Gasteiger partial charge in [-0.15, -0.1) is 0 Å². The molecule has 0 aliphatic rings. The summed E-state index contributed by atoms with van der Waals surface area (Å²) in [5.41, 5.74) is 0.00283. The van der Waals surface area contributed by atoms with Crippen LogP contribution in [-0.2, 0) is 11.2 Å². The lowest BCUT2D eigenvalue weighted by molar-refractivity contribution is -0.385. The fourth-order valence-corrected chi connectivity index (χ4v) is 4.16. The minimum atomic E-state index is -0.720. The van der Waals surface area contributed by atoms with Gasteiger partial charge in [0.1, 0.15) is 11.6 Å². The molecule has 1 heterocycles. The maximum Gasteiger partial charge on any atom is 0.313 e. The van der Waals surface area contributed by atoms with Crippen LogP contribution >= 0.6 is 27.5 Å². The van der Waals surface area contributed by atoms with Gasteiger partial charge in [-0.1, -0.05) is 40.5 Å². The van der Waals surface area contributed by atoms with Gasteiger partial charge in [0.15, 0.2) is 6.61 Å². The number of nitrogens with zero attached hydrogens (tertiary/aromatic N) is 4. The predicted octanol–water partition coefficient (Wildman–Crippen LogP) is 5.32. The van der Waals surface area contributed by atoms with Crippen molar-refractivity contribution < 1.29 is 18.8 Å². The second-order valence-corrected chi connectivity index (χ2v) is 9.18. The molecule has 3 aromatic carbocycles. The number of benzene rings is 3. The number of hydrogen-bond acceptors (Lipinski definition) is 7. The molecule has 1 N–H and O–H groups in total. The second-order valence-electron chi connectivity index (χ2n) is 7.86. The van der Waals surface area contributed by atoms with Crippen LogP contribution in [0.3, 0.4) is 0 Å². The van der Waals surface area contributed by atoms with Gasteiger partial charge in [-0.3, -0.25) is 19.7 Å². The molecule has 1 amide bonds. The lowest BCUT2D eigenvalue weighted by Crippen LogP contribution is -2.22. The highest BCUT2D eigenvalue weighted by Gasteiger charge is 2.22. The first kappa shape index (κ1) is 26.9. The van der Waals surface area contributed by atoms with E-state index >= 15 is 0 Å². The summed E-state index contributed by atoms with van der Waals surface area (Å²) in [5, 5.41) is 18.5. The van der Waals surface area contributed by atoms with Gasteiger partial charge in [-0.2, -0.15) is 9.78 Å². The van der Waals surface area contributed by atoms with Gasteiger partial charge in [0, 0.05) is 28.2 Å². The number of rotatable bonds is 8. The molecule has 10 nitrogen and oxygen atoms in total. The standard InChI is InChI=1S/C25H18BrClFN5O5/c1-2-22-31-20-7-6-15(26)10-18(20)25(35)32(22)29-12-14-8-19(27)24(21(9-14)33(36)37)38-13-23(34)30-17-5-3-4-16(28)11-17/h3-12H,2,13H2,1H3,(H,30,34). The van der Waals surface area contributed by atoms with Crippen LogP contribution < -0.4 is 15.6 Å². The number of fused-ring (bicyclic) bond motifs is 1. The Morgan fingerprint density at radius 3 is 2.79 bits per heavy atom. The maximum absolute atomic E-state index is 13.3. The van der Waals surface area contributed by atoms with Crippen LogP contribution in [0.5, 0.6) is 5.75 Å². The molecule has 1 aromatic heterocycles. The molecule has 0 unspecified atom stereocenters. The van der Waals surface area contributed by atoms with Crippen molar-refractivity contribution in [1.82, 2.24) is 9.66 Å². The molecule has 4 aromatic rings. The fourth-order valence-electron chi connectivity index (χ4n) is 3.52. The van der Waals surface area contributed by atoms with E-state index in [2.05, 4.69) is 31.3 Å². The summed E-state index contributed by atoms with van der Waals surface area (Å²) in [6, 6.07) is 12.8. The smallest absolute Gasteiger partial charge is 0.313 e. The number of nitro groups is 1. The Balaban J connectivity index is 1.61. The van der Waals surface area contributed by atoms with Gasteiger partial charge in [-0.05, 0) is 42.5 Å². The largest absolute Gasteiger partial charge is 0.476 e. The van der Waals surface area contributed by atoms with Crippen LogP contribution in [0, 0.1) is 15.9 Å². The number of aryl methyl sites for hydroxylation is 1. The molecule has 0 fully saturated rings. The summed E-state index contributed by atoms with van der Waals surface area (Å²) >= 11 is 9.59. The summed E-state index contributed by atoms with van der Waals surface area (Å²) in [7, 11) is 0. The maximum atomic E-state index is 13.3. The van der Waals surface area contributed by atoms with Crippen molar-refractivity contribution in [2.24, 2.45) is 5.10 Å². The molecule has 0 aliphatic carbocycles. The van der Waals surface area contributed by atoms with Crippen LogP contribution in [-0.4, -0.2) is 33.3 Å². The lowest BCUT2D eigenvalue weighted by atomic mass is 10.2. The van der Waals surface area contributed by atoms with Crippen molar-refractivity contribution >= 4 is 61.9 Å². The highest BCUT2D eigenvalue weighted by Crippen LogP contribution is 2.36. The normalized spacial score (nSPS) is 11.2. The number of carbonyl (C=O) groups excluding carboxylic acids is 1. The van der Waals surface area contributed by atoms with Crippen LogP contribution in [0.25, 0.3) is 10.9 Å². The van der Waals surface area contributed by atoms with Gasteiger partial charge in [0.25, 0.3) is 11.5 Å². The van der Waals surface area contributed by atoms with E-state index in [1.807, 2.05) is 6.92 Å². The van der Waals surface area contributed by atoms with Crippen LogP contribution in [0.4, 0.5) is 15.8 Å². The fraction of sp³-hybridized carbons (Fsp3) is 0.120. The van der Waals surface area contributed by atoms with E-state index in [4.69, 9.17) is 16.3 Å². The number of hydrogen-bond donors (Lipinski definition) is 1. The van der Waals surface area contributed by atoms with E-state index in [1.165, 1.54) is 30.5 Å².